The molecule has 0 radical (unpaired) electrons. The van der Waals surface area contributed by atoms with Crippen LogP contribution >= 0.6 is 23.2 Å². The minimum atomic E-state index is -1.85. The highest BCUT2D eigenvalue weighted by molar-refractivity contribution is 6.63. The van der Waals surface area contributed by atoms with Gasteiger partial charge in [0.1, 0.15) is 0 Å². The average Bonchev–Trinajstić information content (AvgIpc) is 2.72. The normalized spacial score (nSPS) is 13.5. The fourth-order valence-corrected chi connectivity index (χ4v) is 2.90. The van der Waals surface area contributed by atoms with Crippen LogP contribution in [0, 0.1) is 0 Å². The SMILES string of the molecule is O=C1c2ccccc2C(=O)N1c1cc(B(O)O)c(Cl)cc1Cl. The maximum Gasteiger partial charge on any atom is 0.490 e. The number of imide groups is 1. The molecular formula is C14H8BCl2NO4. The first kappa shape index (κ1) is 15.1. The number of halogens is 2. The van der Waals surface area contributed by atoms with Crippen LogP contribution in [0.5, 0.6) is 0 Å². The van der Waals surface area contributed by atoms with Gasteiger partial charge in [0.2, 0.25) is 0 Å². The Kier molecular flexibility index (Phi) is 3.70. The smallest absolute Gasteiger partial charge is 0.423 e. The maximum absolute atomic E-state index is 12.4. The first-order chi connectivity index (χ1) is 10.4. The molecule has 8 heteroatoms. The molecule has 0 unspecified atom stereocenters. The van der Waals surface area contributed by atoms with Gasteiger partial charge in [0.05, 0.1) is 21.8 Å². The van der Waals surface area contributed by atoms with Crippen molar-refractivity contribution in [2.75, 3.05) is 4.90 Å². The predicted octanol–water partition coefficient (Wildman–Crippen LogP) is 1.47. The molecule has 2 amide bonds. The Bertz CT molecular complexity index is 774. The van der Waals surface area contributed by atoms with Crippen LogP contribution < -0.4 is 10.4 Å². The van der Waals surface area contributed by atoms with Crippen molar-refractivity contribution in [2.45, 2.75) is 0 Å². The molecule has 110 valence electrons. The van der Waals surface area contributed by atoms with Gasteiger partial charge in [-0.05, 0) is 24.3 Å². The van der Waals surface area contributed by atoms with E-state index in [4.69, 9.17) is 23.2 Å². The Hall–Kier alpha value is -1.86. The van der Waals surface area contributed by atoms with E-state index in [1.165, 1.54) is 12.1 Å². The van der Waals surface area contributed by atoms with Crippen LogP contribution in [0.4, 0.5) is 5.69 Å². The summed E-state index contributed by atoms with van der Waals surface area (Å²) in [6.45, 7) is 0. The fourth-order valence-electron chi connectivity index (χ4n) is 2.33. The highest BCUT2D eigenvalue weighted by Crippen LogP contribution is 2.34. The summed E-state index contributed by atoms with van der Waals surface area (Å²) in [5, 5.41) is 18.7. The molecule has 0 fully saturated rings. The summed E-state index contributed by atoms with van der Waals surface area (Å²) in [5.74, 6) is -1.05. The third kappa shape index (κ3) is 2.21. The number of carbonyl (C=O) groups excluding carboxylic acids is 2. The molecule has 0 bridgehead atoms. The lowest BCUT2D eigenvalue weighted by molar-refractivity contribution is 0.0926. The number of hydrogen-bond donors (Lipinski definition) is 2. The van der Waals surface area contributed by atoms with Crippen molar-refractivity contribution in [2.24, 2.45) is 0 Å². The molecule has 0 aliphatic carbocycles. The molecule has 5 nitrogen and oxygen atoms in total. The van der Waals surface area contributed by atoms with Gasteiger partial charge in [-0.15, -0.1) is 0 Å². The van der Waals surface area contributed by atoms with Crippen molar-refractivity contribution in [1.29, 1.82) is 0 Å². The number of fused-ring (bicyclic) bond motifs is 1. The summed E-state index contributed by atoms with van der Waals surface area (Å²) in [6.07, 6.45) is 0. The number of anilines is 1. The van der Waals surface area contributed by atoms with Crippen molar-refractivity contribution >= 4 is 53.3 Å². The Morgan fingerprint density at radius 1 is 0.909 bits per heavy atom. The molecule has 0 spiro atoms. The lowest BCUT2D eigenvalue weighted by atomic mass is 9.80. The molecule has 1 heterocycles. The lowest BCUT2D eigenvalue weighted by Crippen LogP contribution is -2.34. The maximum atomic E-state index is 12.4. The van der Waals surface area contributed by atoms with Crippen LogP contribution in [0.25, 0.3) is 0 Å². The number of amides is 2. The van der Waals surface area contributed by atoms with E-state index in [2.05, 4.69) is 0 Å². The molecule has 2 aromatic carbocycles. The summed E-state index contributed by atoms with van der Waals surface area (Å²) in [4.78, 5) is 25.7. The van der Waals surface area contributed by atoms with E-state index in [-0.39, 0.29) is 32.3 Å². The second-order valence-corrected chi connectivity index (χ2v) is 5.50. The monoisotopic (exact) mass is 335 g/mol. The zero-order valence-corrected chi connectivity index (χ0v) is 12.5. The third-order valence-electron chi connectivity index (χ3n) is 3.38. The zero-order chi connectivity index (χ0) is 16.0. The lowest BCUT2D eigenvalue weighted by Gasteiger charge is -2.17. The second-order valence-electron chi connectivity index (χ2n) is 4.69. The summed E-state index contributed by atoms with van der Waals surface area (Å²) < 4.78 is 0. The van der Waals surface area contributed by atoms with Gasteiger partial charge >= 0.3 is 7.12 Å². The summed E-state index contributed by atoms with van der Waals surface area (Å²) >= 11 is 11.9. The Labute approximate surface area is 135 Å². The molecule has 0 aromatic heterocycles. The van der Waals surface area contributed by atoms with Crippen LogP contribution in [0.3, 0.4) is 0 Å². The van der Waals surface area contributed by atoms with Crippen molar-refractivity contribution < 1.29 is 19.6 Å². The molecule has 0 atom stereocenters. The van der Waals surface area contributed by atoms with Crippen molar-refractivity contribution in [3.8, 4) is 0 Å². The molecular weight excluding hydrogens is 328 g/mol. The van der Waals surface area contributed by atoms with Crippen LogP contribution in [0.2, 0.25) is 10.0 Å². The van der Waals surface area contributed by atoms with Crippen LogP contribution in [0.15, 0.2) is 36.4 Å². The summed E-state index contributed by atoms with van der Waals surface area (Å²) in [6, 6.07) is 8.87. The quantitative estimate of drug-likeness (QED) is 0.643. The van der Waals surface area contributed by atoms with Gasteiger partial charge in [-0.2, -0.15) is 0 Å². The van der Waals surface area contributed by atoms with Gasteiger partial charge in [0.25, 0.3) is 11.8 Å². The number of carbonyl (C=O) groups is 2. The van der Waals surface area contributed by atoms with Crippen LogP contribution in [-0.2, 0) is 0 Å². The van der Waals surface area contributed by atoms with Crippen molar-refractivity contribution in [3.05, 3.63) is 57.6 Å². The van der Waals surface area contributed by atoms with Crippen LogP contribution in [0.1, 0.15) is 20.7 Å². The van der Waals surface area contributed by atoms with E-state index in [1.54, 1.807) is 24.3 Å². The molecule has 3 rings (SSSR count). The zero-order valence-electron chi connectivity index (χ0n) is 11.0. The predicted molar refractivity (Wildman–Crippen MR) is 83.9 cm³/mol. The first-order valence-electron chi connectivity index (χ1n) is 6.24. The van der Waals surface area contributed by atoms with Crippen molar-refractivity contribution in [1.82, 2.24) is 0 Å². The van der Waals surface area contributed by atoms with Gasteiger partial charge in [0, 0.05) is 10.5 Å². The van der Waals surface area contributed by atoms with E-state index in [0.29, 0.717) is 0 Å². The average molecular weight is 336 g/mol. The Balaban J connectivity index is 2.16. The summed E-state index contributed by atoms with van der Waals surface area (Å²) in [5.41, 5.74) is 0.548. The van der Waals surface area contributed by atoms with E-state index in [0.717, 1.165) is 4.90 Å². The molecule has 1 aliphatic heterocycles. The number of benzene rings is 2. The van der Waals surface area contributed by atoms with Gasteiger partial charge in [-0.25, -0.2) is 4.90 Å². The molecule has 2 aromatic rings. The standard InChI is InChI=1S/C14H8BCl2NO4/c16-10-6-11(17)12(5-9(10)15(21)22)18-13(19)7-3-1-2-4-8(7)14(18)20/h1-6,21-22H. The Morgan fingerprint density at radius 2 is 1.45 bits per heavy atom. The third-order valence-corrected chi connectivity index (χ3v) is 4.01. The highest BCUT2D eigenvalue weighted by Gasteiger charge is 2.38. The second kappa shape index (κ2) is 5.41. The number of nitrogens with zero attached hydrogens (tertiary/aromatic N) is 1. The Morgan fingerprint density at radius 3 is 1.95 bits per heavy atom. The molecule has 22 heavy (non-hydrogen) atoms. The molecule has 0 saturated carbocycles. The van der Waals surface area contributed by atoms with Crippen LogP contribution in [-0.4, -0.2) is 29.0 Å². The van der Waals surface area contributed by atoms with Gasteiger partial charge in [0.15, 0.2) is 0 Å². The van der Waals surface area contributed by atoms with E-state index < -0.39 is 18.9 Å². The van der Waals surface area contributed by atoms with E-state index in [1.807, 2.05) is 0 Å². The van der Waals surface area contributed by atoms with E-state index in [9.17, 15) is 19.6 Å². The summed E-state index contributed by atoms with van der Waals surface area (Å²) in [7, 11) is -1.85. The van der Waals surface area contributed by atoms with Crippen molar-refractivity contribution in [3.63, 3.8) is 0 Å². The van der Waals surface area contributed by atoms with Gasteiger partial charge in [-0.1, -0.05) is 35.3 Å². The van der Waals surface area contributed by atoms with Gasteiger partial charge < -0.3 is 10.0 Å². The number of hydrogen-bond acceptors (Lipinski definition) is 4. The largest absolute Gasteiger partial charge is 0.490 e. The minimum absolute atomic E-state index is 0.0281. The first-order valence-corrected chi connectivity index (χ1v) is 7.00. The highest BCUT2D eigenvalue weighted by atomic mass is 35.5. The van der Waals surface area contributed by atoms with Gasteiger partial charge in [-0.3, -0.25) is 9.59 Å². The minimum Gasteiger partial charge on any atom is -0.423 e. The van der Waals surface area contributed by atoms with E-state index >= 15 is 0 Å². The fraction of sp³-hybridized carbons (Fsp3) is 0. The topological polar surface area (TPSA) is 77.8 Å². The molecule has 2 N–H and O–H groups in total. The molecule has 0 saturated heterocycles. The molecule has 1 aliphatic rings. The number of rotatable bonds is 2.